The van der Waals surface area contributed by atoms with E-state index in [2.05, 4.69) is 4.74 Å². The molecule has 1 N–H and O–H groups in total. The standard InChI is InChI=1S/C12H13ClO5/c1-3-17-12(16)6-18-11-5-10(15)8(7(2)14)4-9(11)13/h4-5,15H,3,6H2,1-2H3. The van der Waals surface area contributed by atoms with E-state index in [9.17, 15) is 14.7 Å². The summed E-state index contributed by atoms with van der Waals surface area (Å²) in [6.45, 7) is 2.93. The highest BCUT2D eigenvalue weighted by atomic mass is 35.5. The summed E-state index contributed by atoms with van der Waals surface area (Å²) in [5, 5.41) is 9.72. The molecule has 0 radical (unpaired) electrons. The third-order valence-corrected chi connectivity index (χ3v) is 2.38. The number of phenolic OH excluding ortho intramolecular Hbond substituents is 1. The molecule has 0 bridgehead atoms. The first kappa shape index (κ1) is 14.3. The number of esters is 1. The summed E-state index contributed by atoms with van der Waals surface area (Å²) in [6.07, 6.45) is 0. The van der Waals surface area contributed by atoms with Crippen molar-refractivity contribution < 1.29 is 24.2 Å². The van der Waals surface area contributed by atoms with Gasteiger partial charge in [-0.15, -0.1) is 0 Å². The molecule has 6 heteroatoms. The molecule has 5 nitrogen and oxygen atoms in total. The van der Waals surface area contributed by atoms with Crippen molar-refractivity contribution in [3.05, 3.63) is 22.7 Å². The Bertz CT molecular complexity index is 470. The number of aromatic hydroxyl groups is 1. The van der Waals surface area contributed by atoms with Crippen molar-refractivity contribution in [3.63, 3.8) is 0 Å². The lowest BCUT2D eigenvalue weighted by Crippen LogP contribution is -2.14. The fourth-order valence-corrected chi connectivity index (χ4v) is 1.49. The van der Waals surface area contributed by atoms with Gasteiger partial charge in [-0.1, -0.05) is 11.6 Å². The molecule has 1 aromatic carbocycles. The van der Waals surface area contributed by atoms with Crippen LogP contribution in [0.1, 0.15) is 24.2 Å². The number of Topliss-reactive ketones (excluding diaryl/α,β-unsaturated/α-hetero) is 1. The first-order valence-corrected chi connectivity index (χ1v) is 5.65. The van der Waals surface area contributed by atoms with Crippen LogP contribution in [0, 0.1) is 0 Å². The molecule has 1 aromatic rings. The van der Waals surface area contributed by atoms with Crippen LogP contribution in [0.3, 0.4) is 0 Å². The molecular weight excluding hydrogens is 260 g/mol. The van der Waals surface area contributed by atoms with Crippen LogP contribution in [-0.4, -0.2) is 30.1 Å². The number of phenols is 1. The van der Waals surface area contributed by atoms with Crippen molar-refractivity contribution in [1.82, 2.24) is 0 Å². The Morgan fingerprint density at radius 2 is 2.06 bits per heavy atom. The molecule has 18 heavy (non-hydrogen) atoms. The Hall–Kier alpha value is -1.75. The summed E-state index contributed by atoms with van der Waals surface area (Å²) >= 11 is 5.87. The molecule has 0 aliphatic heterocycles. The second kappa shape index (κ2) is 6.26. The first-order valence-electron chi connectivity index (χ1n) is 5.27. The topological polar surface area (TPSA) is 72.8 Å². The second-order valence-electron chi connectivity index (χ2n) is 3.45. The molecule has 0 aliphatic rings. The summed E-state index contributed by atoms with van der Waals surface area (Å²) in [6, 6.07) is 2.48. The fraction of sp³-hybridized carbons (Fsp3) is 0.333. The van der Waals surface area contributed by atoms with Crippen LogP contribution in [0.2, 0.25) is 5.02 Å². The molecule has 0 unspecified atom stereocenters. The van der Waals surface area contributed by atoms with Crippen molar-refractivity contribution >= 4 is 23.4 Å². The van der Waals surface area contributed by atoms with E-state index in [1.54, 1.807) is 6.92 Å². The molecule has 0 saturated heterocycles. The maximum absolute atomic E-state index is 11.1. The molecule has 0 amide bonds. The summed E-state index contributed by atoms with van der Waals surface area (Å²) in [5.74, 6) is -0.979. The van der Waals surface area contributed by atoms with Crippen LogP contribution in [-0.2, 0) is 9.53 Å². The number of rotatable bonds is 5. The van der Waals surface area contributed by atoms with Gasteiger partial charge < -0.3 is 14.6 Å². The van der Waals surface area contributed by atoms with Crippen molar-refractivity contribution in [1.29, 1.82) is 0 Å². The van der Waals surface area contributed by atoms with Crippen LogP contribution in [0.15, 0.2) is 12.1 Å². The van der Waals surface area contributed by atoms with E-state index >= 15 is 0 Å². The molecule has 0 saturated carbocycles. The third kappa shape index (κ3) is 3.63. The number of carbonyl (C=O) groups excluding carboxylic acids is 2. The van der Waals surface area contributed by atoms with Gasteiger partial charge in [0, 0.05) is 6.07 Å². The smallest absolute Gasteiger partial charge is 0.344 e. The van der Waals surface area contributed by atoms with Gasteiger partial charge in [0.05, 0.1) is 17.2 Å². The van der Waals surface area contributed by atoms with Crippen molar-refractivity contribution in [2.75, 3.05) is 13.2 Å². The zero-order chi connectivity index (χ0) is 13.7. The fourth-order valence-electron chi connectivity index (χ4n) is 1.27. The number of ketones is 1. The molecule has 0 aromatic heterocycles. The number of hydrogen-bond donors (Lipinski definition) is 1. The first-order chi connectivity index (χ1) is 8.45. The molecule has 0 heterocycles. The minimum atomic E-state index is -0.538. The van der Waals surface area contributed by atoms with Crippen LogP contribution in [0.25, 0.3) is 0 Å². The largest absolute Gasteiger partial charge is 0.507 e. The lowest BCUT2D eigenvalue weighted by atomic mass is 10.1. The lowest BCUT2D eigenvalue weighted by Gasteiger charge is -2.09. The number of halogens is 1. The van der Waals surface area contributed by atoms with Gasteiger partial charge in [0.25, 0.3) is 0 Å². The maximum Gasteiger partial charge on any atom is 0.344 e. The van der Waals surface area contributed by atoms with Crippen molar-refractivity contribution in [3.8, 4) is 11.5 Å². The van der Waals surface area contributed by atoms with Gasteiger partial charge in [0.1, 0.15) is 11.5 Å². The van der Waals surface area contributed by atoms with Crippen LogP contribution in [0.5, 0.6) is 11.5 Å². The van der Waals surface area contributed by atoms with Crippen LogP contribution < -0.4 is 4.74 Å². The third-order valence-electron chi connectivity index (χ3n) is 2.08. The van der Waals surface area contributed by atoms with Gasteiger partial charge in [-0.2, -0.15) is 0 Å². The normalized spacial score (nSPS) is 9.94. The van der Waals surface area contributed by atoms with E-state index in [-0.39, 0.29) is 41.1 Å². The lowest BCUT2D eigenvalue weighted by molar-refractivity contribution is -0.145. The molecule has 0 atom stereocenters. The summed E-state index contributed by atoms with van der Waals surface area (Å²) in [5.41, 5.74) is 0.100. The SMILES string of the molecule is CCOC(=O)COc1cc(O)c(C(C)=O)cc1Cl. The van der Waals surface area contributed by atoms with Crippen molar-refractivity contribution in [2.45, 2.75) is 13.8 Å². The number of hydrogen-bond acceptors (Lipinski definition) is 5. The molecule has 98 valence electrons. The maximum atomic E-state index is 11.1. The molecule has 0 aliphatic carbocycles. The number of ether oxygens (including phenoxy) is 2. The van der Waals surface area contributed by atoms with Gasteiger partial charge >= 0.3 is 5.97 Å². The average molecular weight is 273 g/mol. The van der Waals surface area contributed by atoms with Gasteiger partial charge in [-0.3, -0.25) is 4.79 Å². The van der Waals surface area contributed by atoms with Crippen LogP contribution in [0.4, 0.5) is 0 Å². The number of carbonyl (C=O) groups is 2. The van der Waals surface area contributed by atoms with Crippen LogP contribution >= 0.6 is 11.6 Å². The molecule has 1 rings (SSSR count). The molecule has 0 fully saturated rings. The second-order valence-corrected chi connectivity index (χ2v) is 3.86. The average Bonchev–Trinajstić information content (AvgIpc) is 2.29. The highest BCUT2D eigenvalue weighted by Gasteiger charge is 2.13. The van der Waals surface area contributed by atoms with Gasteiger partial charge in [0.2, 0.25) is 0 Å². The highest BCUT2D eigenvalue weighted by Crippen LogP contribution is 2.32. The zero-order valence-electron chi connectivity index (χ0n) is 10.0. The summed E-state index contributed by atoms with van der Waals surface area (Å²) < 4.78 is 9.76. The quantitative estimate of drug-likeness (QED) is 0.657. The zero-order valence-corrected chi connectivity index (χ0v) is 10.8. The van der Waals surface area contributed by atoms with E-state index in [1.807, 2.05) is 0 Å². The Balaban J connectivity index is 2.82. The van der Waals surface area contributed by atoms with Gasteiger partial charge in [0.15, 0.2) is 12.4 Å². The monoisotopic (exact) mass is 272 g/mol. The van der Waals surface area contributed by atoms with E-state index in [0.29, 0.717) is 0 Å². The summed E-state index contributed by atoms with van der Waals surface area (Å²) in [7, 11) is 0. The van der Waals surface area contributed by atoms with E-state index in [0.717, 1.165) is 0 Å². The molecule has 0 spiro atoms. The van der Waals surface area contributed by atoms with E-state index in [4.69, 9.17) is 16.3 Å². The number of benzene rings is 1. The Kier molecular flexibility index (Phi) is 4.97. The van der Waals surface area contributed by atoms with Gasteiger partial charge in [-0.25, -0.2) is 4.79 Å². The molecular formula is C12H13ClO5. The predicted molar refractivity (Wildman–Crippen MR) is 65.2 cm³/mol. The Labute approximate surface area is 109 Å². The predicted octanol–water partition coefficient (Wildman–Crippen LogP) is 2.19. The van der Waals surface area contributed by atoms with E-state index < -0.39 is 5.97 Å². The Morgan fingerprint density at radius 3 is 2.61 bits per heavy atom. The summed E-state index contributed by atoms with van der Waals surface area (Å²) in [4.78, 5) is 22.2. The minimum Gasteiger partial charge on any atom is -0.507 e. The van der Waals surface area contributed by atoms with Crippen molar-refractivity contribution in [2.24, 2.45) is 0 Å². The van der Waals surface area contributed by atoms with Gasteiger partial charge in [-0.05, 0) is 19.9 Å². The Morgan fingerprint density at radius 1 is 1.39 bits per heavy atom. The minimum absolute atomic E-state index is 0.100. The highest BCUT2D eigenvalue weighted by molar-refractivity contribution is 6.32. The van der Waals surface area contributed by atoms with E-state index in [1.165, 1.54) is 19.1 Å².